The van der Waals surface area contributed by atoms with E-state index in [1.165, 1.54) is 12.3 Å². The summed E-state index contributed by atoms with van der Waals surface area (Å²) in [5, 5.41) is 25.5. The Morgan fingerprint density at radius 2 is 2.30 bits per heavy atom. The number of rotatable bonds is 7. The van der Waals surface area contributed by atoms with Crippen LogP contribution in [-0.4, -0.2) is 34.5 Å². The Labute approximate surface area is 160 Å². The number of aliphatic imine (C=N–C) groups is 1. The van der Waals surface area contributed by atoms with Crippen molar-refractivity contribution < 1.29 is 23.8 Å². The van der Waals surface area contributed by atoms with Gasteiger partial charge in [-0.25, -0.2) is 14.8 Å². The molecule has 27 heavy (non-hydrogen) atoms. The minimum Gasteiger partial charge on any atom is -0.861 e. The smallest absolute Gasteiger partial charge is 0.339 e. The average molecular weight is 389 g/mol. The third kappa shape index (κ3) is 5.27. The van der Waals surface area contributed by atoms with E-state index in [-0.39, 0.29) is 40.4 Å². The van der Waals surface area contributed by atoms with Gasteiger partial charge in [-0.05, 0) is 44.3 Å². The highest BCUT2D eigenvalue weighted by Gasteiger charge is 2.19. The fourth-order valence-electron chi connectivity index (χ4n) is 2.05. The van der Waals surface area contributed by atoms with Crippen LogP contribution in [-0.2, 0) is 4.74 Å². The van der Waals surface area contributed by atoms with Gasteiger partial charge in [-0.15, -0.1) is 0 Å². The highest BCUT2D eigenvalue weighted by molar-refractivity contribution is 7.99. The number of pyridine rings is 1. The van der Waals surface area contributed by atoms with Crippen molar-refractivity contribution in [2.24, 2.45) is 4.99 Å². The van der Waals surface area contributed by atoms with E-state index in [0.29, 0.717) is 5.69 Å². The molecule has 0 bridgehead atoms. The van der Waals surface area contributed by atoms with Crippen LogP contribution in [0.2, 0.25) is 0 Å². The molecule has 9 nitrogen and oxygen atoms in total. The van der Waals surface area contributed by atoms with Gasteiger partial charge in [-0.3, -0.25) is 4.52 Å². The summed E-state index contributed by atoms with van der Waals surface area (Å²) in [6.45, 7) is 7.40. The normalized spacial score (nSPS) is 11.5. The minimum absolute atomic E-state index is 0.0736. The fourth-order valence-corrected chi connectivity index (χ4v) is 2.89. The maximum atomic E-state index is 12.1. The lowest BCUT2D eigenvalue weighted by Crippen LogP contribution is -2.36. The monoisotopic (exact) mass is 389 g/mol. The molecule has 10 heteroatoms. The van der Waals surface area contributed by atoms with E-state index in [1.807, 2.05) is 19.9 Å². The molecule has 0 atom stereocenters. The summed E-state index contributed by atoms with van der Waals surface area (Å²) in [7, 11) is 0. The molecule has 0 aliphatic rings. The quantitative estimate of drug-likeness (QED) is 0.229. The maximum absolute atomic E-state index is 12.1. The molecule has 2 heterocycles. The zero-order chi connectivity index (χ0) is 20.0. The first-order valence-electron chi connectivity index (χ1n) is 8.20. The van der Waals surface area contributed by atoms with Crippen LogP contribution in [0.5, 0.6) is 0 Å². The van der Waals surface area contributed by atoms with Gasteiger partial charge in [0.1, 0.15) is 11.1 Å². The molecule has 0 spiro atoms. The van der Waals surface area contributed by atoms with Crippen molar-refractivity contribution in [3.8, 4) is 6.07 Å². The summed E-state index contributed by atoms with van der Waals surface area (Å²) in [5.74, 6) is -1.05. The molecule has 2 aromatic heterocycles. The number of esters is 1. The van der Waals surface area contributed by atoms with Gasteiger partial charge in [0.25, 0.3) is 6.20 Å². The zero-order valence-corrected chi connectivity index (χ0v) is 16.2. The van der Waals surface area contributed by atoms with E-state index in [4.69, 9.17) is 9.26 Å². The largest absolute Gasteiger partial charge is 0.861 e. The number of hydrogen-bond acceptors (Lipinski definition) is 9. The topological polar surface area (TPSA) is 128 Å². The van der Waals surface area contributed by atoms with E-state index < -0.39 is 11.9 Å². The zero-order valence-electron chi connectivity index (χ0n) is 15.4. The molecule has 2 aromatic rings. The number of ether oxygens (including phenoxy) is 1. The Morgan fingerprint density at radius 1 is 1.56 bits per heavy atom. The predicted octanol–water partition coefficient (Wildman–Crippen LogP) is 1.48. The number of aromatic nitrogens is 3. The summed E-state index contributed by atoms with van der Waals surface area (Å²) >= 11 is 1.02. The predicted molar refractivity (Wildman–Crippen MR) is 94.5 cm³/mol. The van der Waals surface area contributed by atoms with Crippen molar-refractivity contribution in [1.29, 1.82) is 5.26 Å². The molecule has 0 aliphatic heterocycles. The van der Waals surface area contributed by atoms with Gasteiger partial charge in [0.2, 0.25) is 5.27 Å². The number of nitrogens with zero attached hydrogens (tertiary/aromatic N) is 5. The minimum atomic E-state index is -0.600. The number of thioether (sulfide) groups is 1. The second kappa shape index (κ2) is 9.14. The van der Waals surface area contributed by atoms with Gasteiger partial charge >= 0.3 is 11.9 Å². The Balaban J connectivity index is 2.20. The van der Waals surface area contributed by atoms with Crippen LogP contribution in [0, 0.1) is 18.3 Å². The van der Waals surface area contributed by atoms with E-state index in [0.717, 1.165) is 11.8 Å². The Kier molecular flexibility index (Phi) is 6.90. The summed E-state index contributed by atoms with van der Waals surface area (Å²) in [5.41, 5.74) is 0.748. The standard InChI is InChI=1S/C17H19N5O4S/c1-5-25-17(24)12-6-11(4)19-16(13(12)7-18)27-9-14(23)20-15-8-22(10(2)3)21-26-15/h6,8,10H,5,9H2,1-4H3. The van der Waals surface area contributed by atoms with Crippen LogP contribution < -0.4 is 9.79 Å². The molecule has 0 fully saturated rings. The van der Waals surface area contributed by atoms with Crippen molar-refractivity contribution in [3.63, 3.8) is 0 Å². The first-order valence-corrected chi connectivity index (χ1v) is 9.18. The molecule has 0 amide bonds. The summed E-state index contributed by atoms with van der Waals surface area (Å²) in [4.78, 5) is 20.1. The summed E-state index contributed by atoms with van der Waals surface area (Å²) in [6, 6.07) is 3.54. The number of carbonyl (C=O) groups excluding carboxylic acids is 1. The summed E-state index contributed by atoms with van der Waals surface area (Å²) in [6.07, 6.45) is 1.53. The third-order valence-corrected chi connectivity index (χ3v) is 4.25. The van der Waals surface area contributed by atoms with Gasteiger partial charge in [0.05, 0.1) is 17.7 Å². The van der Waals surface area contributed by atoms with E-state index >= 15 is 0 Å². The first kappa shape index (κ1) is 20.4. The first-order chi connectivity index (χ1) is 12.8. The van der Waals surface area contributed by atoms with Crippen molar-refractivity contribution in [2.75, 3.05) is 12.4 Å². The van der Waals surface area contributed by atoms with Crippen LogP contribution in [0.3, 0.4) is 0 Å². The second-order valence-electron chi connectivity index (χ2n) is 5.73. The number of aryl methyl sites for hydroxylation is 1. The van der Waals surface area contributed by atoms with Crippen molar-refractivity contribution >= 4 is 29.5 Å². The SMILES string of the molecule is CCOC(=O)c1cc(C)nc(SC/C([O-])=N/c2c[n+](C(C)C)no2)c1C#N. The molecule has 142 valence electrons. The van der Waals surface area contributed by atoms with Crippen LogP contribution in [0.1, 0.15) is 48.4 Å². The molecule has 0 saturated heterocycles. The Bertz CT molecular complexity index is 901. The lowest BCUT2D eigenvalue weighted by molar-refractivity contribution is -0.779. The lowest BCUT2D eigenvalue weighted by Gasteiger charge is -2.11. The molecule has 0 N–H and O–H groups in total. The molecule has 0 aromatic carbocycles. The molecular weight excluding hydrogens is 370 g/mol. The molecule has 0 radical (unpaired) electrons. The number of hydrogen-bond donors (Lipinski definition) is 0. The van der Waals surface area contributed by atoms with Crippen molar-refractivity contribution in [3.05, 3.63) is 29.1 Å². The van der Waals surface area contributed by atoms with Gasteiger partial charge in [-0.2, -0.15) is 5.26 Å². The highest BCUT2D eigenvalue weighted by atomic mass is 32.2. The van der Waals surface area contributed by atoms with E-state index in [1.54, 1.807) is 18.5 Å². The van der Waals surface area contributed by atoms with Crippen LogP contribution in [0.15, 0.2) is 26.8 Å². The van der Waals surface area contributed by atoms with Crippen LogP contribution >= 0.6 is 11.8 Å². The number of nitriles is 1. The second-order valence-corrected chi connectivity index (χ2v) is 6.70. The van der Waals surface area contributed by atoms with Crippen molar-refractivity contribution in [1.82, 2.24) is 10.3 Å². The van der Waals surface area contributed by atoms with Crippen LogP contribution in [0.25, 0.3) is 0 Å². The van der Waals surface area contributed by atoms with E-state index in [9.17, 15) is 15.2 Å². The molecule has 2 rings (SSSR count). The Hall–Kier alpha value is -2.93. The van der Waals surface area contributed by atoms with Gasteiger partial charge in [-0.1, -0.05) is 11.8 Å². The Morgan fingerprint density at radius 3 is 2.89 bits per heavy atom. The highest BCUT2D eigenvalue weighted by Crippen LogP contribution is 2.25. The van der Waals surface area contributed by atoms with Gasteiger partial charge < -0.3 is 9.84 Å². The third-order valence-electron chi connectivity index (χ3n) is 3.29. The molecule has 0 aliphatic carbocycles. The molecular formula is C17H19N5O4S. The van der Waals surface area contributed by atoms with Gasteiger partial charge in [0.15, 0.2) is 6.04 Å². The molecule has 0 saturated carbocycles. The molecule has 0 unspecified atom stereocenters. The van der Waals surface area contributed by atoms with E-state index in [2.05, 4.69) is 15.2 Å². The average Bonchev–Trinajstić information content (AvgIpc) is 3.08. The number of carbonyl (C=O) groups is 1. The van der Waals surface area contributed by atoms with Gasteiger partial charge in [0, 0.05) is 11.4 Å². The van der Waals surface area contributed by atoms with Crippen LogP contribution in [0.4, 0.5) is 5.88 Å². The lowest BCUT2D eigenvalue weighted by atomic mass is 10.1. The maximum Gasteiger partial charge on any atom is 0.339 e. The van der Waals surface area contributed by atoms with Crippen molar-refractivity contribution in [2.45, 2.75) is 38.8 Å². The fraction of sp³-hybridized carbons (Fsp3) is 0.412. The summed E-state index contributed by atoms with van der Waals surface area (Å²) < 4.78 is 11.5.